The Kier molecular flexibility index (Phi) is 3.24. The van der Waals surface area contributed by atoms with Crippen LogP contribution in [0.25, 0.3) is 0 Å². The standard InChI is InChI=1S/C13H24N2O/c1-3-6-13(9-5-10-14-13)11(16)15-12(2)7-4-8-12/h14H,3-10H2,1-2H3,(H,15,16). The molecular formula is C13H24N2O. The van der Waals surface area contributed by atoms with Crippen LogP contribution in [-0.4, -0.2) is 23.5 Å². The number of carbonyl (C=O) groups is 1. The fraction of sp³-hybridized carbons (Fsp3) is 0.923. The number of amides is 1. The number of nitrogens with one attached hydrogen (secondary N) is 2. The van der Waals surface area contributed by atoms with Gasteiger partial charge in [0.2, 0.25) is 5.91 Å². The molecule has 1 amide bonds. The van der Waals surface area contributed by atoms with Gasteiger partial charge in [0, 0.05) is 5.54 Å². The Labute approximate surface area is 98.4 Å². The summed E-state index contributed by atoms with van der Waals surface area (Å²) in [6.07, 6.45) is 7.70. The van der Waals surface area contributed by atoms with E-state index < -0.39 is 0 Å². The van der Waals surface area contributed by atoms with Gasteiger partial charge in [-0.2, -0.15) is 0 Å². The summed E-state index contributed by atoms with van der Waals surface area (Å²) >= 11 is 0. The minimum atomic E-state index is -0.257. The van der Waals surface area contributed by atoms with E-state index >= 15 is 0 Å². The third-order valence-electron chi connectivity index (χ3n) is 4.23. The second-order valence-corrected chi connectivity index (χ2v) is 5.73. The van der Waals surface area contributed by atoms with Crippen LogP contribution in [-0.2, 0) is 4.79 Å². The van der Waals surface area contributed by atoms with Crippen LogP contribution in [0, 0.1) is 0 Å². The summed E-state index contributed by atoms with van der Waals surface area (Å²) < 4.78 is 0. The highest BCUT2D eigenvalue weighted by molar-refractivity contribution is 5.87. The summed E-state index contributed by atoms with van der Waals surface area (Å²) in [5.74, 6) is 0.244. The summed E-state index contributed by atoms with van der Waals surface area (Å²) in [6, 6.07) is 0. The quantitative estimate of drug-likeness (QED) is 0.766. The molecule has 3 heteroatoms. The largest absolute Gasteiger partial charge is 0.349 e. The predicted molar refractivity (Wildman–Crippen MR) is 65.3 cm³/mol. The fourth-order valence-corrected chi connectivity index (χ4v) is 2.98. The van der Waals surface area contributed by atoms with Gasteiger partial charge in [0.1, 0.15) is 0 Å². The number of hydrogen-bond acceptors (Lipinski definition) is 2. The van der Waals surface area contributed by atoms with Crippen molar-refractivity contribution in [2.45, 2.75) is 69.9 Å². The molecule has 1 heterocycles. The number of hydrogen-bond donors (Lipinski definition) is 2. The smallest absolute Gasteiger partial charge is 0.240 e. The Morgan fingerprint density at radius 3 is 2.50 bits per heavy atom. The molecule has 0 aromatic heterocycles. The summed E-state index contributed by atoms with van der Waals surface area (Å²) in [7, 11) is 0. The topological polar surface area (TPSA) is 41.1 Å². The molecule has 1 aliphatic heterocycles. The van der Waals surface area contributed by atoms with E-state index in [1.165, 1.54) is 6.42 Å². The minimum absolute atomic E-state index is 0.0854. The summed E-state index contributed by atoms with van der Waals surface area (Å²) in [4.78, 5) is 12.4. The van der Waals surface area contributed by atoms with Crippen molar-refractivity contribution < 1.29 is 4.79 Å². The van der Waals surface area contributed by atoms with Crippen molar-refractivity contribution >= 4 is 5.91 Å². The first kappa shape index (κ1) is 11.9. The third kappa shape index (κ3) is 2.10. The van der Waals surface area contributed by atoms with Crippen LogP contribution in [0.15, 0.2) is 0 Å². The number of rotatable bonds is 4. The van der Waals surface area contributed by atoms with E-state index in [1.54, 1.807) is 0 Å². The first-order valence-corrected chi connectivity index (χ1v) is 6.68. The van der Waals surface area contributed by atoms with Gasteiger partial charge in [-0.05, 0) is 52.0 Å². The average Bonchev–Trinajstić information content (AvgIpc) is 2.66. The molecular weight excluding hydrogens is 200 g/mol. The van der Waals surface area contributed by atoms with Crippen LogP contribution in [0.2, 0.25) is 0 Å². The maximum absolute atomic E-state index is 12.4. The van der Waals surface area contributed by atoms with Gasteiger partial charge in [-0.15, -0.1) is 0 Å². The van der Waals surface area contributed by atoms with Crippen molar-refractivity contribution in [2.24, 2.45) is 0 Å². The van der Waals surface area contributed by atoms with Crippen LogP contribution < -0.4 is 10.6 Å². The van der Waals surface area contributed by atoms with Gasteiger partial charge >= 0.3 is 0 Å². The Balaban J connectivity index is 1.99. The SMILES string of the molecule is CCCC1(C(=O)NC2(C)CCC2)CCCN1. The molecule has 2 fully saturated rings. The lowest BCUT2D eigenvalue weighted by Gasteiger charge is -2.42. The molecule has 0 aromatic carbocycles. The van der Waals surface area contributed by atoms with Crippen molar-refractivity contribution in [1.82, 2.24) is 10.6 Å². The molecule has 16 heavy (non-hydrogen) atoms. The molecule has 1 saturated carbocycles. The van der Waals surface area contributed by atoms with E-state index in [0.29, 0.717) is 0 Å². The van der Waals surface area contributed by atoms with Crippen LogP contribution in [0.3, 0.4) is 0 Å². The van der Waals surface area contributed by atoms with Crippen molar-refractivity contribution in [3.8, 4) is 0 Å². The molecule has 1 unspecified atom stereocenters. The lowest BCUT2D eigenvalue weighted by atomic mass is 9.77. The Morgan fingerprint density at radius 1 is 1.31 bits per heavy atom. The van der Waals surface area contributed by atoms with Gasteiger partial charge in [0.05, 0.1) is 5.54 Å². The molecule has 2 N–H and O–H groups in total. The van der Waals surface area contributed by atoms with Gasteiger partial charge in [-0.1, -0.05) is 13.3 Å². The van der Waals surface area contributed by atoms with Crippen LogP contribution in [0.1, 0.15) is 58.8 Å². The van der Waals surface area contributed by atoms with E-state index in [-0.39, 0.29) is 17.0 Å². The van der Waals surface area contributed by atoms with Crippen molar-refractivity contribution in [2.75, 3.05) is 6.54 Å². The summed E-state index contributed by atoms with van der Waals surface area (Å²) in [5.41, 5.74) is -0.171. The summed E-state index contributed by atoms with van der Waals surface area (Å²) in [5, 5.41) is 6.69. The molecule has 0 aromatic rings. The highest BCUT2D eigenvalue weighted by Gasteiger charge is 2.43. The molecule has 0 radical (unpaired) electrons. The van der Waals surface area contributed by atoms with Crippen molar-refractivity contribution in [3.05, 3.63) is 0 Å². The maximum Gasteiger partial charge on any atom is 0.240 e. The van der Waals surface area contributed by atoms with Gasteiger partial charge in [-0.3, -0.25) is 4.79 Å². The second-order valence-electron chi connectivity index (χ2n) is 5.73. The first-order valence-electron chi connectivity index (χ1n) is 6.68. The number of carbonyl (C=O) groups excluding carboxylic acids is 1. The highest BCUT2D eigenvalue weighted by atomic mass is 16.2. The van der Waals surface area contributed by atoms with Gasteiger partial charge in [0.15, 0.2) is 0 Å². The van der Waals surface area contributed by atoms with E-state index in [2.05, 4.69) is 24.5 Å². The monoisotopic (exact) mass is 224 g/mol. The lowest BCUT2D eigenvalue weighted by Crippen LogP contribution is -2.61. The minimum Gasteiger partial charge on any atom is -0.349 e. The Morgan fingerprint density at radius 2 is 2.06 bits per heavy atom. The zero-order valence-electron chi connectivity index (χ0n) is 10.6. The predicted octanol–water partition coefficient (Wildman–Crippen LogP) is 1.97. The normalized spacial score (nSPS) is 32.1. The van der Waals surface area contributed by atoms with E-state index in [9.17, 15) is 4.79 Å². The molecule has 1 aliphatic carbocycles. The average molecular weight is 224 g/mol. The molecule has 2 aliphatic rings. The van der Waals surface area contributed by atoms with Crippen molar-refractivity contribution in [3.63, 3.8) is 0 Å². The van der Waals surface area contributed by atoms with E-state index in [0.717, 1.165) is 45.1 Å². The molecule has 3 nitrogen and oxygen atoms in total. The molecule has 92 valence electrons. The zero-order valence-corrected chi connectivity index (χ0v) is 10.6. The van der Waals surface area contributed by atoms with Gasteiger partial charge < -0.3 is 10.6 Å². The van der Waals surface area contributed by atoms with Gasteiger partial charge in [-0.25, -0.2) is 0 Å². The van der Waals surface area contributed by atoms with E-state index in [4.69, 9.17) is 0 Å². The first-order chi connectivity index (χ1) is 7.60. The highest BCUT2D eigenvalue weighted by Crippen LogP contribution is 2.33. The Bertz CT molecular complexity index is 265. The lowest BCUT2D eigenvalue weighted by molar-refractivity contribution is -0.130. The molecule has 0 bridgehead atoms. The molecule has 1 atom stereocenters. The third-order valence-corrected chi connectivity index (χ3v) is 4.23. The fourth-order valence-electron chi connectivity index (χ4n) is 2.98. The summed E-state index contributed by atoms with van der Waals surface area (Å²) in [6.45, 7) is 5.31. The molecule has 1 saturated heterocycles. The van der Waals surface area contributed by atoms with Crippen LogP contribution in [0.5, 0.6) is 0 Å². The molecule has 2 rings (SSSR count). The van der Waals surface area contributed by atoms with Crippen LogP contribution in [0.4, 0.5) is 0 Å². The zero-order chi connectivity index (χ0) is 11.6. The molecule has 0 spiro atoms. The van der Waals surface area contributed by atoms with Crippen LogP contribution >= 0.6 is 0 Å². The van der Waals surface area contributed by atoms with Gasteiger partial charge in [0.25, 0.3) is 0 Å². The second kappa shape index (κ2) is 4.36. The van der Waals surface area contributed by atoms with Crippen molar-refractivity contribution in [1.29, 1.82) is 0 Å². The maximum atomic E-state index is 12.4. The Hall–Kier alpha value is -0.570. The van der Waals surface area contributed by atoms with E-state index in [1.807, 2.05) is 0 Å².